The second-order valence-electron chi connectivity index (χ2n) is 17.9. The van der Waals surface area contributed by atoms with Gasteiger partial charge in [0.2, 0.25) is 0 Å². The fourth-order valence-corrected chi connectivity index (χ4v) is 7.46. The van der Waals surface area contributed by atoms with E-state index < -0.39 is 6.10 Å². The zero-order valence-corrected chi connectivity index (χ0v) is 42.5. The molecule has 0 spiro atoms. The Bertz CT molecular complexity index is 1270. The van der Waals surface area contributed by atoms with Crippen molar-refractivity contribution in [2.75, 3.05) is 13.2 Å². The summed E-state index contributed by atoms with van der Waals surface area (Å²) in [7, 11) is 0. The first-order chi connectivity index (χ1) is 32.0. The van der Waals surface area contributed by atoms with E-state index in [0.29, 0.717) is 19.3 Å². The van der Waals surface area contributed by atoms with E-state index in [9.17, 15) is 14.4 Å². The van der Waals surface area contributed by atoms with Crippen LogP contribution in [0.2, 0.25) is 0 Å². The Morgan fingerprint density at radius 1 is 0.323 bits per heavy atom. The van der Waals surface area contributed by atoms with E-state index in [2.05, 4.69) is 51.2 Å². The fourth-order valence-electron chi connectivity index (χ4n) is 7.46. The number of ether oxygens (including phenoxy) is 3. The highest BCUT2D eigenvalue weighted by Crippen LogP contribution is 2.16. The molecule has 0 fully saturated rings. The first kappa shape index (κ1) is 61.6. The zero-order chi connectivity index (χ0) is 47.2. The van der Waals surface area contributed by atoms with E-state index in [-0.39, 0.29) is 37.5 Å². The van der Waals surface area contributed by atoms with Gasteiger partial charge in [0.25, 0.3) is 0 Å². The van der Waals surface area contributed by atoms with Gasteiger partial charge in [-0.3, -0.25) is 14.4 Å². The summed E-state index contributed by atoms with van der Waals surface area (Å²) in [6.45, 7) is 6.40. The smallest absolute Gasteiger partial charge is 0.306 e. The number of allylic oxidation sites excluding steroid dienone is 14. The van der Waals surface area contributed by atoms with Crippen LogP contribution in [0.25, 0.3) is 0 Å². The molecule has 0 saturated carbocycles. The average molecular weight is 905 g/mol. The Kier molecular flexibility index (Phi) is 50.4. The SMILES string of the molecule is CC/C=C/C=C/C=C/C=C/C=C/CCCC(=O)OCC(COC(=O)CCCCCCCCCCCCCCCCCCCCC)OC(=O)CCCCCCCC/C=C/C=C/CCCCC. The van der Waals surface area contributed by atoms with E-state index >= 15 is 0 Å². The highest BCUT2D eigenvalue weighted by Gasteiger charge is 2.19. The van der Waals surface area contributed by atoms with Crippen LogP contribution in [0.3, 0.4) is 0 Å². The van der Waals surface area contributed by atoms with Gasteiger partial charge in [-0.25, -0.2) is 0 Å². The molecule has 1 atom stereocenters. The number of unbranched alkanes of at least 4 members (excludes halogenated alkanes) is 28. The molecule has 0 aliphatic rings. The normalized spacial score (nSPS) is 12.7. The molecule has 65 heavy (non-hydrogen) atoms. The van der Waals surface area contributed by atoms with Crippen molar-refractivity contribution in [3.05, 3.63) is 85.1 Å². The van der Waals surface area contributed by atoms with Crippen LogP contribution >= 0.6 is 0 Å². The molecule has 0 aliphatic heterocycles. The average Bonchev–Trinajstić information content (AvgIpc) is 3.30. The van der Waals surface area contributed by atoms with E-state index in [1.165, 1.54) is 141 Å². The van der Waals surface area contributed by atoms with Crippen molar-refractivity contribution in [3.8, 4) is 0 Å². The lowest BCUT2D eigenvalue weighted by Crippen LogP contribution is -2.30. The zero-order valence-electron chi connectivity index (χ0n) is 42.5. The number of esters is 3. The molecule has 0 saturated heterocycles. The quantitative estimate of drug-likeness (QED) is 0.0262. The Balaban J connectivity index is 4.43. The van der Waals surface area contributed by atoms with Crippen molar-refractivity contribution in [1.29, 1.82) is 0 Å². The summed E-state index contributed by atoms with van der Waals surface area (Å²) in [5, 5.41) is 0. The van der Waals surface area contributed by atoms with Crippen molar-refractivity contribution in [2.24, 2.45) is 0 Å². The van der Waals surface area contributed by atoms with E-state index in [1.54, 1.807) is 0 Å². The maximum absolute atomic E-state index is 12.8. The molecule has 0 aliphatic carbocycles. The highest BCUT2D eigenvalue weighted by molar-refractivity contribution is 5.71. The molecule has 6 nitrogen and oxygen atoms in total. The third-order valence-electron chi connectivity index (χ3n) is 11.5. The maximum atomic E-state index is 12.8. The van der Waals surface area contributed by atoms with Crippen molar-refractivity contribution in [1.82, 2.24) is 0 Å². The number of carbonyl (C=O) groups is 3. The minimum absolute atomic E-state index is 0.102. The molecule has 0 aromatic carbocycles. The van der Waals surface area contributed by atoms with E-state index in [1.807, 2.05) is 54.7 Å². The Morgan fingerprint density at radius 2 is 0.615 bits per heavy atom. The number of hydrogen-bond donors (Lipinski definition) is 0. The monoisotopic (exact) mass is 905 g/mol. The van der Waals surface area contributed by atoms with Gasteiger partial charge in [0.15, 0.2) is 6.10 Å². The Hall–Kier alpha value is -3.41. The molecule has 1 unspecified atom stereocenters. The number of hydrogen-bond acceptors (Lipinski definition) is 6. The van der Waals surface area contributed by atoms with Crippen LogP contribution in [0.15, 0.2) is 85.1 Å². The van der Waals surface area contributed by atoms with Crippen LogP contribution < -0.4 is 0 Å². The largest absolute Gasteiger partial charge is 0.462 e. The molecule has 0 N–H and O–H groups in total. The topological polar surface area (TPSA) is 78.9 Å². The summed E-state index contributed by atoms with van der Waals surface area (Å²) in [5.74, 6) is -0.988. The van der Waals surface area contributed by atoms with Gasteiger partial charge in [0.1, 0.15) is 13.2 Å². The fraction of sp³-hybridized carbons (Fsp3) is 0.712. The van der Waals surface area contributed by atoms with Gasteiger partial charge in [-0.1, -0.05) is 260 Å². The minimum Gasteiger partial charge on any atom is -0.462 e. The maximum Gasteiger partial charge on any atom is 0.306 e. The lowest BCUT2D eigenvalue weighted by atomic mass is 10.0. The van der Waals surface area contributed by atoms with Gasteiger partial charge in [-0.2, -0.15) is 0 Å². The molecule has 0 amide bonds. The number of carbonyl (C=O) groups excluding carboxylic acids is 3. The predicted octanol–water partition coefficient (Wildman–Crippen LogP) is 18.0. The van der Waals surface area contributed by atoms with Gasteiger partial charge >= 0.3 is 17.9 Å². The van der Waals surface area contributed by atoms with E-state index in [0.717, 1.165) is 64.2 Å². The van der Waals surface area contributed by atoms with Crippen LogP contribution in [0.5, 0.6) is 0 Å². The summed E-state index contributed by atoms with van der Waals surface area (Å²) in [6, 6.07) is 0. The summed E-state index contributed by atoms with van der Waals surface area (Å²) >= 11 is 0. The molecule has 0 radical (unpaired) electrons. The van der Waals surface area contributed by atoms with E-state index in [4.69, 9.17) is 14.2 Å². The summed E-state index contributed by atoms with van der Waals surface area (Å²) in [6.07, 6.45) is 68.7. The predicted molar refractivity (Wildman–Crippen MR) is 279 cm³/mol. The summed E-state index contributed by atoms with van der Waals surface area (Å²) in [4.78, 5) is 38.0. The van der Waals surface area contributed by atoms with Gasteiger partial charge in [-0.15, -0.1) is 0 Å². The molecule has 0 aromatic rings. The third-order valence-corrected chi connectivity index (χ3v) is 11.5. The molecular formula is C59H100O6. The summed E-state index contributed by atoms with van der Waals surface area (Å²) < 4.78 is 16.7. The van der Waals surface area contributed by atoms with Gasteiger partial charge < -0.3 is 14.2 Å². The highest BCUT2D eigenvalue weighted by atomic mass is 16.6. The van der Waals surface area contributed by atoms with Gasteiger partial charge in [0.05, 0.1) is 0 Å². The third kappa shape index (κ3) is 51.4. The Morgan fingerprint density at radius 3 is 1.05 bits per heavy atom. The standard InChI is InChI=1S/C59H100O6/c1-4-7-10-13-16-19-22-25-27-28-29-30-32-34-37-40-43-46-49-52-58(61)64-55-56(54-63-57(60)51-48-45-42-39-36-33-24-21-18-15-12-9-6-3)65-59(62)53-50-47-44-41-38-35-31-26-23-20-17-14-11-8-5-2/h9,12,15,17-18,20-21,23-24,26,33,36,39,42,56H,4-8,10-11,13-14,16,19,22,25,27-32,34-35,37-38,40-41,43-55H2,1-3H3/b12-9+,18-15+,20-17+,24-21+,26-23+,36-33+,42-39+. The lowest BCUT2D eigenvalue weighted by molar-refractivity contribution is -0.167. The molecule has 0 bridgehead atoms. The van der Waals surface area contributed by atoms with Crippen LogP contribution in [-0.4, -0.2) is 37.2 Å². The first-order valence-electron chi connectivity index (χ1n) is 27.2. The summed E-state index contributed by atoms with van der Waals surface area (Å²) in [5.41, 5.74) is 0. The second-order valence-corrected chi connectivity index (χ2v) is 17.9. The van der Waals surface area contributed by atoms with Crippen molar-refractivity contribution in [3.63, 3.8) is 0 Å². The molecule has 0 aromatic heterocycles. The van der Waals surface area contributed by atoms with Crippen molar-refractivity contribution in [2.45, 2.75) is 258 Å². The molecule has 6 heteroatoms. The van der Waals surface area contributed by atoms with Gasteiger partial charge in [-0.05, 0) is 57.8 Å². The molecule has 0 rings (SSSR count). The van der Waals surface area contributed by atoms with Crippen LogP contribution in [0.4, 0.5) is 0 Å². The van der Waals surface area contributed by atoms with Crippen molar-refractivity contribution >= 4 is 17.9 Å². The van der Waals surface area contributed by atoms with Crippen LogP contribution in [0.1, 0.15) is 252 Å². The minimum atomic E-state index is -0.810. The Labute approximate surface area is 401 Å². The van der Waals surface area contributed by atoms with Gasteiger partial charge in [0, 0.05) is 19.3 Å². The van der Waals surface area contributed by atoms with Crippen LogP contribution in [-0.2, 0) is 28.6 Å². The lowest BCUT2D eigenvalue weighted by Gasteiger charge is -2.18. The molecular weight excluding hydrogens is 805 g/mol. The molecule has 372 valence electrons. The molecule has 0 heterocycles. The first-order valence-corrected chi connectivity index (χ1v) is 27.2. The second kappa shape index (κ2) is 53.2. The number of rotatable bonds is 48. The van der Waals surface area contributed by atoms with Crippen LogP contribution in [0, 0.1) is 0 Å². The van der Waals surface area contributed by atoms with Crippen molar-refractivity contribution < 1.29 is 28.6 Å².